The first-order valence-electron chi connectivity index (χ1n) is 8.46. The van der Waals surface area contributed by atoms with Crippen LogP contribution in [0.1, 0.15) is 55.6 Å². The van der Waals surface area contributed by atoms with Crippen LogP contribution in [0.5, 0.6) is 0 Å². The van der Waals surface area contributed by atoms with E-state index in [9.17, 15) is 9.59 Å². The number of nitrogens with one attached hydrogen (secondary N) is 1. The van der Waals surface area contributed by atoms with Gasteiger partial charge in [-0.25, -0.2) is 4.79 Å². The number of hydrogen-bond donors (Lipinski definition) is 1. The molecule has 0 saturated heterocycles. The van der Waals surface area contributed by atoms with Crippen LogP contribution in [0, 0.1) is 0 Å². The molecule has 0 aliphatic heterocycles. The second-order valence-electron chi connectivity index (χ2n) is 7.01. The quantitative estimate of drug-likeness (QED) is 0.804. The maximum atomic E-state index is 12.2. The third kappa shape index (κ3) is 5.45. The lowest BCUT2D eigenvalue weighted by Crippen LogP contribution is -2.11. The van der Waals surface area contributed by atoms with Crippen LogP contribution in [0.3, 0.4) is 0 Å². The van der Waals surface area contributed by atoms with Crippen molar-refractivity contribution in [2.45, 2.75) is 46.1 Å². The van der Waals surface area contributed by atoms with Crippen molar-refractivity contribution in [2.75, 3.05) is 5.32 Å². The van der Waals surface area contributed by atoms with Gasteiger partial charge in [0.15, 0.2) is 0 Å². The van der Waals surface area contributed by atoms with Gasteiger partial charge < -0.3 is 10.1 Å². The largest absolute Gasteiger partial charge is 0.457 e. The average Bonchev–Trinajstić information content (AvgIpc) is 2.59. The summed E-state index contributed by atoms with van der Waals surface area (Å²) in [6.45, 7) is 8.47. The Hall–Kier alpha value is -2.62. The molecular weight excluding hydrogens is 314 g/mol. The summed E-state index contributed by atoms with van der Waals surface area (Å²) in [5, 5.41) is 2.73. The minimum Gasteiger partial charge on any atom is -0.457 e. The Labute approximate surface area is 149 Å². The number of rotatable bonds is 5. The maximum absolute atomic E-state index is 12.2. The molecular formula is C21H25NO3. The summed E-state index contributed by atoms with van der Waals surface area (Å²) in [7, 11) is 0. The van der Waals surface area contributed by atoms with Crippen molar-refractivity contribution < 1.29 is 14.3 Å². The number of hydrogen-bond acceptors (Lipinski definition) is 3. The molecule has 0 fully saturated rings. The summed E-state index contributed by atoms with van der Waals surface area (Å²) < 4.78 is 5.37. The van der Waals surface area contributed by atoms with E-state index in [0.29, 0.717) is 17.7 Å². The standard InChI is InChI=1S/C21H25NO3/c1-5-19(23)22-18-8-6-7-16(13-18)20(24)25-14-15-9-11-17(12-10-15)21(2,3)4/h6-13H,5,14H2,1-4H3,(H,22,23). The summed E-state index contributed by atoms with van der Waals surface area (Å²) in [5.41, 5.74) is 3.29. The molecule has 0 aromatic heterocycles. The molecule has 2 aromatic carbocycles. The van der Waals surface area contributed by atoms with Gasteiger partial charge in [-0.2, -0.15) is 0 Å². The van der Waals surface area contributed by atoms with Gasteiger partial charge in [0.1, 0.15) is 6.61 Å². The Morgan fingerprint density at radius 3 is 2.32 bits per heavy atom. The smallest absolute Gasteiger partial charge is 0.338 e. The molecule has 0 radical (unpaired) electrons. The third-order valence-corrected chi connectivity index (χ3v) is 3.89. The van der Waals surface area contributed by atoms with Crippen LogP contribution in [-0.2, 0) is 21.6 Å². The van der Waals surface area contributed by atoms with E-state index in [1.165, 1.54) is 5.56 Å². The Kier molecular flexibility index (Phi) is 5.97. The zero-order chi connectivity index (χ0) is 18.4. The van der Waals surface area contributed by atoms with Crippen LogP contribution in [0.4, 0.5) is 5.69 Å². The number of amides is 1. The van der Waals surface area contributed by atoms with Gasteiger partial charge >= 0.3 is 5.97 Å². The zero-order valence-corrected chi connectivity index (χ0v) is 15.3. The predicted octanol–water partition coefficient (Wildman–Crippen LogP) is 4.69. The third-order valence-electron chi connectivity index (χ3n) is 3.89. The van der Waals surface area contributed by atoms with Crippen molar-refractivity contribution >= 4 is 17.6 Å². The van der Waals surface area contributed by atoms with Gasteiger partial charge in [0.25, 0.3) is 0 Å². The molecule has 132 valence electrons. The monoisotopic (exact) mass is 339 g/mol. The molecule has 1 N–H and O–H groups in total. The molecule has 0 saturated carbocycles. The van der Waals surface area contributed by atoms with Crippen LogP contribution >= 0.6 is 0 Å². The lowest BCUT2D eigenvalue weighted by molar-refractivity contribution is -0.115. The number of carbonyl (C=O) groups excluding carboxylic acids is 2. The van der Waals surface area contributed by atoms with Gasteiger partial charge in [-0.05, 0) is 34.7 Å². The fraction of sp³-hybridized carbons (Fsp3) is 0.333. The van der Waals surface area contributed by atoms with Gasteiger partial charge in [0, 0.05) is 12.1 Å². The highest BCUT2D eigenvalue weighted by molar-refractivity contribution is 5.94. The summed E-state index contributed by atoms with van der Waals surface area (Å²) in [5.74, 6) is -0.503. The minimum atomic E-state index is -0.410. The van der Waals surface area contributed by atoms with Crippen molar-refractivity contribution in [3.63, 3.8) is 0 Å². The van der Waals surface area contributed by atoms with Crippen molar-refractivity contribution in [2.24, 2.45) is 0 Å². The Morgan fingerprint density at radius 2 is 1.72 bits per heavy atom. The second-order valence-corrected chi connectivity index (χ2v) is 7.01. The maximum Gasteiger partial charge on any atom is 0.338 e. The highest BCUT2D eigenvalue weighted by atomic mass is 16.5. The van der Waals surface area contributed by atoms with E-state index in [0.717, 1.165) is 5.56 Å². The molecule has 2 aromatic rings. The SMILES string of the molecule is CCC(=O)Nc1cccc(C(=O)OCc2ccc(C(C)(C)C)cc2)c1. The predicted molar refractivity (Wildman–Crippen MR) is 99.6 cm³/mol. The van der Waals surface area contributed by atoms with Crippen LogP contribution < -0.4 is 5.32 Å². The fourth-order valence-corrected chi connectivity index (χ4v) is 2.31. The van der Waals surface area contributed by atoms with Crippen molar-refractivity contribution in [3.05, 3.63) is 65.2 Å². The van der Waals surface area contributed by atoms with Gasteiger partial charge in [-0.3, -0.25) is 4.79 Å². The second kappa shape index (κ2) is 7.97. The molecule has 0 heterocycles. The number of esters is 1. The molecule has 2 rings (SSSR count). The van der Waals surface area contributed by atoms with Gasteiger partial charge in [0.2, 0.25) is 5.91 Å². The molecule has 25 heavy (non-hydrogen) atoms. The summed E-state index contributed by atoms with van der Waals surface area (Å²) in [4.78, 5) is 23.7. The van der Waals surface area contributed by atoms with Crippen LogP contribution in [-0.4, -0.2) is 11.9 Å². The van der Waals surface area contributed by atoms with Crippen LogP contribution in [0.2, 0.25) is 0 Å². The highest BCUT2D eigenvalue weighted by Crippen LogP contribution is 2.22. The van der Waals surface area contributed by atoms with Crippen molar-refractivity contribution in [1.29, 1.82) is 0 Å². The first-order valence-corrected chi connectivity index (χ1v) is 8.46. The molecule has 1 amide bonds. The molecule has 0 spiro atoms. The average molecular weight is 339 g/mol. The van der Waals surface area contributed by atoms with Crippen LogP contribution in [0.15, 0.2) is 48.5 Å². The Balaban J connectivity index is 1.98. The van der Waals surface area contributed by atoms with E-state index in [-0.39, 0.29) is 17.9 Å². The lowest BCUT2D eigenvalue weighted by Gasteiger charge is -2.19. The number of ether oxygens (including phenoxy) is 1. The van der Waals surface area contributed by atoms with Crippen LogP contribution in [0.25, 0.3) is 0 Å². The molecule has 0 bridgehead atoms. The van der Waals surface area contributed by atoms with E-state index >= 15 is 0 Å². The summed E-state index contributed by atoms with van der Waals surface area (Å²) in [6, 6.07) is 14.8. The first-order chi connectivity index (χ1) is 11.8. The molecule has 0 unspecified atom stereocenters. The number of benzene rings is 2. The zero-order valence-electron chi connectivity index (χ0n) is 15.3. The molecule has 4 nitrogen and oxygen atoms in total. The van der Waals surface area contributed by atoms with E-state index in [2.05, 4.69) is 38.2 Å². The van der Waals surface area contributed by atoms with E-state index < -0.39 is 5.97 Å². The van der Waals surface area contributed by atoms with Gasteiger partial charge in [-0.15, -0.1) is 0 Å². The molecule has 4 heteroatoms. The first kappa shape index (κ1) is 18.7. The minimum absolute atomic E-state index is 0.0931. The summed E-state index contributed by atoms with van der Waals surface area (Å²) in [6.07, 6.45) is 0.388. The molecule has 0 atom stereocenters. The highest BCUT2D eigenvalue weighted by Gasteiger charge is 2.13. The Bertz CT molecular complexity index is 742. The van der Waals surface area contributed by atoms with E-state index in [1.54, 1.807) is 31.2 Å². The van der Waals surface area contributed by atoms with Crippen molar-refractivity contribution in [1.82, 2.24) is 0 Å². The number of anilines is 1. The van der Waals surface area contributed by atoms with Gasteiger partial charge in [0.05, 0.1) is 5.56 Å². The summed E-state index contributed by atoms with van der Waals surface area (Å²) >= 11 is 0. The Morgan fingerprint density at radius 1 is 1.04 bits per heavy atom. The van der Waals surface area contributed by atoms with Gasteiger partial charge in [-0.1, -0.05) is 58.0 Å². The van der Waals surface area contributed by atoms with E-state index in [4.69, 9.17) is 4.74 Å². The topological polar surface area (TPSA) is 55.4 Å². The molecule has 0 aliphatic carbocycles. The lowest BCUT2D eigenvalue weighted by atomic mass is 9.87. The van der Waals surface area contributed by atoms with E-state index in [1.807, 2.05) is 12.1 Å². The molecule has 0 aliphatic rings. The fourth-order valence-electron chi connectivity index (χ4n) is 2.31. The van der Waals surface area contributed by atoms with Crippen molar-refractivity contribution in [3.8, 4) is 0 Å². The number of carbonyl (C=O) groups is 2. The normalized spacial score (nSPS) is 11.0.